The molecule has 0 saturated carbocycles. The van der Waals surface area contributed by atoms with E-state index in [0.717, 1.165) is 5.56 Å². The van der Waals surface area contributed by atoms with Crippen molar-refractivity contribution in [2.24, 2.45) is 0 Å². The molecular weight excluding hydrogens is 348 g/mol. The number of rotatable bonds is 6. The first-order valence-electron chi connectivity index (χ1n) is 8.32. The first-order valence-corrected chi connectivity index (χ1v) is 8.32. The van der Waals surface area contributed by atoms with Crippen LogP contribution < -0.4 is 16.0 Å². The molecule has 0 radical (unpaired) electrons. The molecule has 1 atom stereocenters. The second-order valence-corrected chi connectivity index (χ2v) is 5.90. The van der Waals surface area contributed by atoms with Gasteiger partial charge in [-0.3, -0.25) is 15.2 Å². The number of fused-ring (bicyclic) bond motifs is 1. The number of pyridine rings is 1. The van der Waals surface area contributed by atoms with Crippen LogP contribution in [0.5, 0.6) is 0 Å². The van der Waals surface area contributed by atoms with Crippen LogP contribution in [0.15, 0.2) is 42.6 Å². The van der Waals surface area contributed by atoms with Crippen molar-refractivity contribution in [2.45, 2.75) is 13.0 Å². The van der Waals surface area contributed by atoms with Crippen LogP contribution in [-0.2, 0) is 9.53 Å². The maximum Gasteiger partial charge on any atom is 0.320 e. The molecule has 0 aliphatic heterocycles. The molecule has 2 heterocycles. The zero-order valence-electron chi connectivity index (χ0n) is 14.9. The fraction of sp³-hybridized carbons (Fsp3) is 0.222. The summed E-state index contributed by atoms with van der Waals surface area (Å²) in [5, 5.41) is 15.6. The maximum absolute atomic E-state index is 12.2. The van der Waals surface area contributed by atoms with E-state index in [1.807, 2.05) is 37.3 Å². The number of carbonyl (C=O) groups excluding carboxylic acids is 2. The summed E-state index contributed by atoms with van der Waals surface area (Å²) in [4.78, 5) is 28.0. The Bertz CT molecular complexity index is 941. The zero-order valence-corrected chi connectivity index (χ0v) is 14.9. The van der Waals surface area contributed by atoms with E-state index < -0.39 is 0 Å². The fourth-order valence-electron chi connectivity index (χ4n) is 2.55. The van der Waals surface area contributed by atoms with E-state index in [1.165, 1.54) is 13.3 Å². The van der Waals surface area contributed by atoms with Gasteiger partial charge in [0.1, 0.15) is 12.4 Å². The Morgan fingerprint density at radius 1 is 1.22 bits per heavy atom. The highest BCUT2D eigenvalue weighted by atomic mass is 16.5. The smallest absolute Gasteiger partial charge is 0.320 e. The highest BCUT2D eigenvalue weighted by Gasteiger charge is 2.13. The average Bonchev–Trinajstić information content (AvgIpc) is 3.04. The van der Waals surface area contributed by atoms with Crippen LogP contribution in [0.2, 0.25) is 0 Å². The molecule has 9 heteroatoms. The Balaban J connectivity index is 1.65. The Morgan fingerprint density at radius 3 is 2.74 bits per heavy atom. The second-order valence-electron chi connectivity index (χ2n) is 5.90. The van der Waals surface area contributed by atoms with Crippen molar-refractivity contribution < 1.29 is 14.3 Å². The van der Waals surface area contributed by atoms with Gasteiger partial charge < -0.3 is 15.4 Å². The minimum atomic E-state index is -0.369. The lowest BCUT2D eigenvalue weighted by atomic mass is 10.1. The molecule has 140 valence electrons. The van der Waals surface area contributed by atoms with E-state index >= 15 is 0 Å². The van der Waals surface area contributed by atoms with Gasteiger partial charge in [-0.05, 0) is 12.5 Å². The molecular formula is C18H20N6O3. The van der Waals surface area contributed by atoms with Crippen LogP contribution >= 0.6 is 0 Å². The van der Waals surface area contributed by atoms with E-state index in [9.17, 15) is 9.59 Å². The third-order valence-electron chi connectivity index (χ3n) is 3.87. The normalized spacial score (nSPS) is 11.8. The molecule has 0 bridgehead atoms. The number of anilines is 2. The molecule has 0 saturated heterocycles. The number of nitrogens with zero attached hydrogens (tertiary/aromatic N) is 2. The van der Waals surface area contributed by atoms with Crippen LogP contribution in [0.3, 0.4) is 0 Å². The van der Waals surface area contributed by atoms with Crippen molar-refractivity contribution in [1.82, 2.24) is 20.5 Å². The Kier molecular flexibility index (Phi) is 5.62. The molecule has 0 aliphatic carbocycles. The number of benzene rings is 1. The second kappa shape index (κ2) is 8.28. The van der Waals surface area contributed by atoms with Crippen molar-refractivity contribution in [2.75, 3.05) is 24.4 Å². The molecule has 1 unspecified atom stereocenters. The Labute approximate surface area is 155 Å². The van der Waals surface area contributed by atoms with Crippen molar-refractivity contribution in [3.63, 3.8) is 0 Å². The minimum Gasteiger partial charge on any atom is -0.375 e. The molecule has 0 aliphatic rings. The molecule has 0 spiro atoms. The first kappa shape index (κ1) is 18.3. The van der Waals surface area contributed by atoms with Crippen molar-refractivity contribution >= 4 is 34.5 Å². The van der Waals surface area contributed by atoms with E-state index in [2.05, 4.69) is 31.1 Å². The molecule has 1 aromatic carbocycles. The van der Waals surface area contributed by atoms with Gasteiger partial charge >= 0.3 is 6.03 Å². The third kappa shape index (κ3) is 4.59. The summed E-state index contributed by atoms with van der Waals surface area (Å²) in [6, 6.07) is 10.8. The number of hydrogen-bond acceptors (Lipinski definition) is 5. The molecule has 4 N–H and O–H groups in total. The van der Waals surface area contributed by atoms with Crippen LogP contribution in [0.1, 0.15) is 18.5 Å². The molecule has 27 heavy (non-hydrogen) atoms. The minimum absolute atomic E-state index is 0.0683. The van der Waals surface area contributed by atoms with Crippen LogP contribution in [0.25, 0.3) is 10.9 Å². The van der Waals surface area contributed by atoms with Gasteiger partial charge in [-0.1, -0.05) is 30.3 Å². The summed E-state index contributed by atoms with van der Waals surface area (Å²) < 4.78 is 4.77. The van der Waals surface area contributed by atoms with Crippen LogP contribution in [0, 0.1) is 0 Å². The summed E-state index contributed by atoms with van der Waals surface area (Å²) in [5.41, 5.74) is 1.63. The largest absolute Gasteiger partial charge is 0.375 e. The van der Waals surface area contributed by atoms with Crippen molar-refractivity contribution in [3.8, 4) is 0 Å². The number of ether oxygens (including phenoxy) is 1. The van der Waals surface area contributed by atoms with Crippen molar-refractivity contribution in [3.05, 3.63) is 48.2 Å². The zero-order chi connectivity index (χ0) is 19.2. The SMILES string of the molecule is COCC(=O)Nc1n[nH]c2cc(NC(=O)NC(C)c3ccccc3)ncc12. The van der Waals surface area contributed by atoms with Gasteiger partial charge in [-0.2, -0.15) is 5.10 Å². The van der Waals surface area contributed by atoms with Gasteiger partial charge in [-0.15, -0.1) is 0 Å². The molecule has 3 amide bonds. The van der Waals surface area contributed by atoms with Gasteiger partial charge in [0.05, 0.1) is 16.9 Å². The van der Waals surface area contributed by atoms with Crippen LogP contribution in [0.4, 0.5) is 16.4 Å². The monoisotopic (exact) mass is 368 g/mol. The van der Waals surface area contributed by atoms with E-state index in [4.69, 9.17) is 4.74 Å². The highest BCUT2D eigenvalue weighted by molar-refractivity contribution is 6.00. The van der Waals surface area contributed by atoms with E-state index in [-0.39, 0.29) is 24.6 Å². The molecule has 3 aromatic rings. The number of amides is 3. The predicted octanol–water partition coefficient (Wildman–Crippen LogP) is 2.43. The number of urea groups is 1. The quantitative estimate of drug-likeness (QED) is 0.532. The van der Waals surface area contributed by atoms with Gasteiger partial charge in [0.2, 0.25) is 0 Å². The van der Waals surface area contributed by atoms with E-state index in [1.54, 1.807) is 6.07 Å². The third-order valence-corrected chi connectivity index (χ3v) is 3.87. The van der Waals surface area contributed by atoms with Gasteiger partial charge in [0.15, 0.2) is 5.82 Å². The summed E-state index contributed by atoms with van der Waals surface area (Å²) in [6.07, 6.45) is 1.53. The number of hydrogen-bond donors (Lipinski definition) is 4. The van der Waals surface area contributed by atoms with Gasteiger partial charge in [0, 0.05) is 19.4 Å². The molecule has 9 nitrogen and oxygen atoms in total. The summed E-state index contributed by atoms with van der Waals surface area (Å²) in [5.74, 6) is 0.398. The number of H-pyrrole nitrogens is 1. The van der Waals surface area contributed by atoms with Crippen LogP contribution in [-0.4, -0.2) is 40.8 Å². The number of aromatic amines is 1. The lowest BCUT2D eigenvalue weighted by Crippen LogP contribution is -2.31. The summed E-state index contributed by atoms with van der Waals surface area (Å²) in [6.45, 7) is 1.83. The lowest BCUT2D eigenvalue weighted by Gasteiger charge is -2.14. The number of methoxy groups -OCH3 is 1. The molecule has 2 aromatic heterocycles. The number of nitrogens with one attached hydrogen (secondary N) is 4. The standard InChI is InChI=1S/C18H20N6O3/c1-11(12-6-4-3-5-7-12)20-18(26)21-15-8-14-13(9-19-15)17(24-23-14)22-16(25)10-27-2/h3-9,11H,10H2,1-2H3,(H2,19,20,21,26)(H2,22,23,24,25). The fourth-order valence-corrected chi connectivity index (χ4v) is 2.55. The summed E-state index contributed by atoms with van der Waals surface area (Å²) >= 11 is 0. The van der Waals surface area contributed by atoms with E-state index in [0.29, 0.717) is 22.5 Å². The topological polar surface area (TPSA) is 121 Å². The van der Waals surface area contributed by atoms with Gasteiger partial charge in [-0.25, -0.2) is 9.78 Å². The Morgan fingerprint density at radius 2 is 2.00 bits per heavy atom. The number of carbonyl (C=O) groups is 2. The predicted molar refractivity (Wildman–Crippen MR) is 101 cm³/mol. The maximum atomic E-state index is 12.2. The van der Waals surface area contributed by atoms with Gasteiger partial charge in [0.25, 0.3) is 5.91 Å². The number of aromatic nitrogens is 3. The highest BCUT2D eigenvalue weighted by Crippen LogP contribution is 2.21. The van der Waals surface area contributed by atoms with Crippen molar-refractivity contribution in [1.29, 1.82) is 0 Å². The average molecular weight is 368 g/mol. The first-order chi connectivity index (χ1) is 13.1. The lowest BCUT2D eigenvalue weighted by molar-refractivity contribution is -0.119. The Hall–Kier alpha value is -3.46. The molecule has 3 rings (SSSR count). The molecule has 0 fully saturated rings. The summed E-state index contributed by atoms with van der Waals surface area (Å²) in [7, 11) is 1.44.